The molecule has 0 aromatic carbocycles. The lowest BCUT2D eigenvalue weighted by Crippen LogP contribution is -2.27. The van der Waals surface area contributed by atoms with Gasteiger partial charge in [0.2, 0.25) is 5.91 Å². The number of ether oxygens (including phenoxy) is 1. The largest absolute Gasteiger partial charge is 0.381 e. The lowest BCUT2D eigenvalue weighted by molar-refractivity contribution is -0.121. The predicted octanol–water partition coefficient (Wildman–Crippen LogP) is 1.93. The van der Waals surface area contributed by atoms with Gasteiger partial charge in [0.1, 0.15) is 0 Å². The Hall–Kier alpha value is -1.14. The van der Waals surface area contributed by atoms with Gasteiger partial charge in [-0.2, -0.15) is 0 Å². The van der Waals surface area contributed by atoms with E-state index in [0.717, 1.165) is 31.6 Å². The first-order valence-corrected chi connectivity index (χ1v) is 8.02. The molecule has 5 nitrogen and oxygen atoms in total. The van der Waals surface area contributed by atoms with E-state index in [0.29, 0.717) is 26.1 Å². The highest BCUT2D eigenvalue weighted by Gasteiger charge is 2.05. The van der Waals surface area contributed by atoms with E-state index >= 15 is 0 Å². The number of carbonyl (C=O) groups excluding carboxylic acids is 1. The Morgan fingerprint density at radius 1 is 1.40 bits per heavy atom. The lowest BCUT2D eigenvalue weighted by Gasteiger charge is -2.07. The summed E-state index contributed by atoms with van der Waals surface area (Å²) < 4.78 is 7.05. The summed E-state index contributed by atoms with van der Waals surface area (Å²) in [6.07, 6.45) is 3.39. The van der Waals surface area contributed by atoms with Gasteiger partial charge in [-0.25, -0.2) is 0 Å². The normalized spacial score (nSPS) is 10.7. The Balaban J connectivity index is 2.08. The van der Waals surface area contributed by atoms with Crippen LogP contribution in [0.15, 0.2) is 10.2 Å². The molecule has 0 aliphatic carbocycles. The van der Waals surface area contributed by atoms with Crippen LogP contribution >= 0.6 is 11.3 Å². The maximum atomic E-state index is 11.6. The van der Waals surface area contributed by atoms with Crippen molar-refractivity contribution in [3.8, 4) is 0 Å². The van der Waals surface area contributed by atoms with E-state index < -0.39 is 0 Å². The van der Waals surface area contributed by atoms with Gasteiger partial charge in [-0.3, -0.25) is 9.59 Å². The van der Waals surface area contributed by atoms with Crippen LogP contribution in [0, 0.1) is 6.92 Å². The molecule has 1 aromatic heterocycles. The van der Waals surface area contributed by atoms with E-state index in [1.807, 2.05) is 12.3 Å². The molecule has 1 rings (SSSR count). The fraction of sp³-hybridized carbons (Fsp3) is 0.714. The first-order chi connectivity index (χ1) is 9.65. The number of carbonyl (C=O) groups is 1. The Kier molecular flexibility index (Phi) is 8.22. The van der Waals surface area contributed by atoms with E-state index in [1.165, 1.54) is 11.3 Å². The number of amides is 1. The second-order valence-electron chi connectivity index (χ2n) is 4.71. The average molecular weight is 300 g/mol. The van der Waals surface area contributed by atoms with Gasteiger partial charge >= 0.3 is 4.87 Å². The van der Waals surface area contributed by atoms with E-state index in [9.17, 15) is 9.59 Å². The maximum absolute atomic E-state index is 11.6. The smallest absolute Gasteiger partial charge is 0.307 e. The third-order valence-electron chi connectivity index (χ3n) is 2.97. The first kappa shape index (κ1) is 16.9. The van der Waals surface area contributed by atoms with Crippen molar-refractivity contribution in [2.75, 3.05) is 19.8 Å². The van der Waals surface area contributed by atoms with Crippen molar-refractivity contribution in [3.63, 3.8) is 0 Å². The van der Waals surface area contributed by atoms with Gasteiger partial charge in [0, 0.05) is 43.8 Å². The molecule has 0 unspecified atom stereocenters. The molecule has 0 spiro atoms. The summed E-state index contributed by atoms with van der Waals surface area (Å²) in [5.41, 5.74) is 0.914. The lowest BCUT2D eigenvalue weighted by atomic mass is 10.3. The van der Waals surface area contributed by atoms with Crippen molar-refractivity contribution in [3.05, 3.63) is 20.7 Å². The molecule has 1 heterocycles. The van der Waals surface area contributed by atoms with Gasteiger partial charge in [-0.1, -0.05) is 24.7 Å². The summed E-state index contributed by atoms with van der Waals surface area (Å²) >= 11 is 1.17. The fourth-order valence-corrected chi connectivity index (χ4v) is 2.49. The highest BCUT2D eigenvalue weighted by molar-refractivity contribution is 7.07. The molecule has 0 saturated heterocycles. The molecule has 1 aromatic rings. The number of aryl methyl sites for hydroxylation is 1. The van der Waals surface area contributed by atoms with Crippen LogP contribution in [0.2, 0.25) is 0 Å². The van der Waals surface area contributed by atoms with Crippen molar-refractivity contribution in [1.82, 2.24) is 9.88 Å². The van der Waals surface area contributed by atoms with Crippen molar-refractivity contribution in [2.24, 2.45) is 0 Å². The molecule has 0 radical (unpaired) electrons. The Morgan fingerprint density at radius 3 is 2.80 bits per heavy atom. The molecule has 0 aliphatic heterocycles. The summed E-state index contributed by atoms with van der Waals surface area (Å²) in [6.45, 7) is 6.57. The van der Waals surface area contributed by atoms with Crippen LogP contribution in [-0.4, -0.2) is 30.2 Å². The van der Waals surface area contributed by atoms with Crippen LogP contribution in [0.1, 0.15) is 38.3 Å². The zero-order valence-electron chi connectivity index (χ0n) is 12.3. The number of thiazole rings is 1. The zero-order valence-corrected chi connectivity index (χ0v) is 13.1. The summed E-state index contributed by atoms with van der Waals surface area (Å²) in [6, 6.07) is 0. The van der Waals surface area contributed by atoms with Gasteiger partial charge < -0.3 is 14.6 Å². The number of aromatic nitrogens is 1. The SMILES string of the molecule is CCCCOCCCNC(=O)CCn1c(C)csc1=O. The molecule has 0 saturated carbocycles. The molecule has 0 bridgehead atoms. The first-order valence-electron chi connectivity index (χ1n) is 7.14. The molecule has 1 amide bonds. The number of nitrogens with zero attached hydrogens (tertiary/aromatic N) is 1. The highest BCUT2D eigenvalue weighted by Crippen LogP contribution is 2.00. The number of hydrogen-bond acceptors (Lipinski definition) is 4. The standard InChI is InChI=1S/C14H24N2O3S/c1-3-4-9-19-10-5-7-15-13(17)6-8-16-12(2)11-20-14(16)18/h11H,3-10H2,1-2H3,(H,15,17). The molecule has 0 fully saturated rings. The predicted molar refractivity (Wildman–Crippen MR) is 81.3 cm³/mol. The minimum Gasteiger partial charge on any atom is -0.381 e. The van der Waals surface area contributed by atoms with Crippen molar-refractivity contribution >= 4 is 17.2 Å². The molecule has 114 valence electrons. The fourth-order valence-electron chi connectivity index (χ4n) is 1.73. The second-order valence-corrected chi connectivity index (χ2v) is 5.53. The molecule has 0 aliphatic rings. The summed E-state index contributed by atoms with van der Waals surface area (Å²) in [5.74, 6) is -0.0175. The number of rotatable bonds is 10. The van der Waals surface area contributed by atoms with E-state index in [4.69, 9.17) is 4.74 Å². The Bertz CT molecular complexity index is 454. The Morgan fingerprint density at radius 2 is 2.15 bits per heavy atom. The van der Waals surface area contributed by atoms with Gasteiger partial charge in [0.15, 0.2) is 0 Å². The van der Waals surface area contributed by atoms with Gasteiger partial charge in [0.05, 0.1) is 0 Å². The van der Waals surface area contributed by atoms with Crippen molar-refractivity contribution < 1.29 is 9.53 Å². The van der Waals surface area contributed by atoms with Crippen LogP contribution in [0.3, 0.4) is 0 Å². The molecule has 1 N–H and O–H groups in total. The molecule has 6 heteroatoms. The third-order valence-corrected chi connectivity index (χ3v) is 3.85. The third kappa shape index (κ3) is 6.34. The number of unbranched alkanes of at least 4 members (excludes halogenated alkanes) is 1. The zero-order chi connectivity index (χ0) is 14.8. The maximum Gasteiger partial charge on any atom is 0.307 e. The summed E-state index contributed by atoms with van der Waals surface area (Å²) in [7, 11) is 0. The van der Waals surface area contributed by atoms with Crippen LogP contribution in [0.25, 0.3) is 0 Å². The van der Waals surface area contributed by atoms with Crippen LogP contribution in [-0.2, 0) is 16.1 Å². The second kappa shape index (κ2) is 9.72. The van der Waals surface area contributed by atoms with Crippen LogP contribution < -0.4 is 10.2 Å². The summed E-state index contributed by atoms with van der Waals surface area (Å²) in [5, 5.41) is 4.66. The average Bonchev–Trinajstić information content (AvgIpc) is 2.75. The quantitative estimate of drug-likeness (QED) is 0.672. The van der Waals surface area contributed by atoms with Gasteiger partial charge in [0.25, 0.3) is 0 Å². The molecular weight excluding hydrogens is 276 g/mol. The monoisotopic (exact) mass is 300 g/mol. The topological polar surface area (TPSA) is 60.3 Å². The van der Waals surface area contributed by atoms with Gasteiger partial charge in [-0.05, 0) is 19.8 Å². The van der Waals surface area contributed by atoms with Crippen LogP contribution in [0.4, 0.5) is 0 Å². The van der Waals surface area contributed by atoms with Crippen molar-refractivity contribution in [2.45, 2.75) is 46.1 Å². The summed E-state index contributed by atoms with van der Waals surface area (Å²) in [4.78, 5) is 23.1. The highest BCUT2D eigenvalue weighted by atomic mass is 32.1. The molecular formula is C14H24N2O3S. The van der Waals surface area contributed by atoms with Crippen LogP contribution in [0.5, 0.6) is 0 Å². The van der Waals surface area contributed by atoms with Crippen molar-refractivity contribution in [1.29, 1.82) is 0 Å². The number of hydrogen-bond donors (Lipinski definition) is 1. The minimum atomic E-state index is -0.0175. The Labute approximate surface area is 124 Å². The van der Waals surface area contributed by atoms with E-state index in [2.05, 4.69) is 12.2 Å². The molecule has 20 heavy (non-hydrogen) atoms. The molecule has 0 atom stereocenters. The number of nitrogens with one attached hydrogen (secondary N) is 1. The minimum absolute atomic E-state index is 0.000348. The van der Waals surface area contributed by atoms with Gasteiger partial charge in [-0.15, -0.1) is 0 Å². The van der Waals surface area contributed by atoms with E-state index in [1.54, 1.807) is 4.57 Å². The van der Waals surface area contributed by atoms with E-state index in [-0.39, 0.29) is 10.8 Å².